The van der Waals surface area contributed by atoms with Crippen molar-refractivity contribution in [3.63, 3.8) is 0 Å². The van der Waals surface area contributed by atoms with Crippen molar-refractivity contribution in [3.05, 3.63) is 29.6 Å². The standard InChI is InChI=1S/C14H21FN2O/c1-16-8-11-3-2-4-17(9-11)10-12-5-13(15)7-14(18)6-12/h5-7,11,16,18H,2-4,8-10H2,1H3. The van der Waals surface area contributed by atoms with Gasteiger partial charge in [0.1, 0.15) is 11.6 Å². The van der Waals surface area contributed by atoms with Crippen LogP contribution in [0.4, 0.5) is 4.39 Å². The van der Waals surface area contributed by atoms with Gasteiger partial charge in [-0.2, -0.15) is 0 Å². The summed E-state index contributed by atoms with van der Waals surface area (Å²) in [6.45, 7) is 3.84. The number of likely N-dealkylation sites (tertiary alicyclic amines) is 1. The summed E-state index contributed by atoms with van der Waals surface area (Å²) in [6.07, 6.45) is 2.44. The molecule has 0 amide bonds. The third-order valence-corrected chi connectivity index (χ3v) is 3.44. The van der Waals surface area contributed by atoms with E-state index in [9.17, 15) is 9.50 Å². The molecule has 1 atom stereocenters. The van der Waals surface area contributed by atoms with Gasteiger partial charge < -0.3 is 10.4 Å². The highest BCUT2D eigenvalue weighted by Gasteiger charge is 2.19. The quantitative estimate of drug-likeness (QED) is 0.860. The predicted molar refractivity (Wildman–Crippen MR) is 70.0 cm³/mol. The van der Waals surface area contributed by atoms with Gasteiger partial charge in [-0.25, -0.2) is 4.39 Å². The van der Waals surface area contributed by atoms with E-state index in [0.29, 0.717) is 12.5 Å². The molecule has 1 aliphatic rings. The number of hydrogen-bond donors (Lipinski definition) is 2. The highest BCUT2D eigenvalue weighted by atomic mass is 19.1. The zero-order valence-corrected chi connectivity index (χ0v) is 10.8. The van der Waals surface area contributed by atoms with Crippen LogP contribution < -0.4 is 5.32 Å². The number of phenols is 1. The Morgan fingerprint density at radius 2 is 2.28 bits per heavy atom. The average Bonchev–Trinajstić information content (AvgIpc) is 2.28. The summed E-state index contributed by atoms with van der Waals surface area (Å²) in [5, 5.41) is 12.6. The van der Waals surface area contributed by atoms with E-state index in [1.807, 2.05) is 7.05 Å². The number of piperidine rings is 1. The number of nitrogens with zero attached hydrogens (tertiary/aromatic N) is 1. The topological polar surface area (TPSA) is 35.5 Å². The van der Waals surface area contributed by atoms with Gasteiger partial charge in [0.15, 0.2) is 0 Å². The zero-order chi connectivity index (χ0) is 13.0. The van der Waals surface area contributed by atoms with E-state index in [1.165, 1.54) is 18.9 Å². The van der Waals surface area contributed by atoms with Gasteiger partial charge in [-0.1, -0.05) is 0 Å². The van der Waals surface area contributed by atoms with E-state index in [2.05, 4.69) is 10.2 Å². The summed E-state index contributed by atoms with van der Waals surface area (Å²) in [5.41, 5.74) is 0.845. The van der Waals surface area contributed by atoms with Crippen LogP contribution in [0.3, 0.4) is 0 Å². The Morgan fingerprint density at radius 3 is 3.00 bits per heavy atom. The molecule has 0 aromatic heterocycles. The summed E-state index contributed by atoms with van der Waals surface area (Å²) in [6, 6.07) is 4.29. The van der Waals surface area contributed by atoms with E-state index in [1.54, 1.807) is 6.07 Å². The van der Waals surface area contributed by atoms with Crippen LogP contribution in [0.2, 0.25) is 0 Å². The molecule has 4 heteroatoms. The molecular formula is C14H21FN2O. The third-order valence-electron chi connectivity index (χ3n) is 3.44. The van der Waals surface area contributed by atoms with Crippen molar-refractivity contribution >= 4 is 0 Å². The summed E-state index contributed by atoms with van der Waals surface area (Å²) in [5.74, 6) is 0.313. The van der Waals surface area contributed by atoms with E-state index < -0.39 is 0 Å². The van der Waals surface area contributed by atoms with E-state index in [0.717, 1.165) is 31.3 Å². The van der Waals surface area contributed by atoms with Crippen LogP contribution in [0, 0.1) is 11.7 Å². The molecular weight excluding hydrogens is 231 g/mol. The largest absolute Gasteiger partial charge is 0.508 e. The number of halogens is 1. The van der Waals surface area contributed by atoms with Crippen molar-refractivity contribution < 1.29 is 9.50 Å². The minimum atomic E-state index is -0.367. The molecule has 0 radical (unpaired) electrons. The number of phenolic OH excluding ortho intramolecular Hbond substituents is 1. The second-order valence-electron chi connectivity index (χ2n) is 5.12. The molecule has 1 heterocycles. The first-order valence-corrected chi connectivity index (χ1v) is 6.53. The van der Waals surface area contributed by atoms with Crippen LogP contribution in [0.15, 0.2) is 18.2 Å². The number of aromatic hydroxyl groups is 1. The van der Waals surface area contributed by atoms with Gasteiger partial charge in [0.2, 0.25) is 0 Å². The van der Waals surface area contributed by atoms with Gasteiger partial charge in [0, 0.05) is 19.2 Å². The minimum absolute atomic E-state index is 0.00813. The smallest absolute Gasteiger partial charge is 0.127 e. The first-order chi connectivity index (χ1) is 8.67. The van der Waals surface area contributed by atoms with Crippen LogP contribution >= 0.6 is 0 Å². The number of nitrogens with one attached hydrogen (secondary N) is 1. The fourth-order valence-corrected chi connectivity index (χ4v) is 2.73. The molecule has 3 nitrogen and oxygen atoms in total. The summed E-state index contributed by atoms with van der Waals surface area (Å²) < 4.78 is 13.2. The van der Waals surface area contributed by atoms with Crippen molar-refractivity contribution in [2.75, 3.05) is 26.7 Å². The highest BCUT2D eigenvalue weighted by Crippen LogP contribution is 2.20. The van der Waals surface area contributed by atoms with Gasteiger partial charge in [-0.3, -0.25) is 4.90 Å². The maximum Gasteiger partial charge on any atom is 0.127 e. The molecule has 2 N–H and O–H groups in total. The first-order valence-electron chi connectivity index (χ1n) is 6.53. The van der Waals surface area contributed by atoms with Crippen molar-refractivity contribution in [1.29, 1.82) is 0 Å². The molecule has 1 aliphatic heterocycles. The molecule has 0 bridgehead atoms. The molecule has 0 aliphatic carbocycles. The fourth-order valence-electron chi connectivity index (χ4n) is 2.73. The third kappa shape index (κ3) is 3.68. The lowest BCUT2D eigenvalue weighted by atomic mass is 9.97. The normalized spacial score (nSPS) is 21.1. The molecule has 2 rings (SSSR count). The second kappa shape index (κ2) is 6.16. The van der Waals surface area contributed by atoms with Gasteiger partial charge in [-0.05, 0) is 56.6 Å². The Kier molecular flexibility index (Phi) is 4.55. The van der Waals surface area contributed by atoms with Crippen molar-refractivity contribution in [3.8, 4) is 5.75 Å². The fraction of sp³-hybridized carbons (Fsp3) is 0.571. The van der Waals surface area contributed by atoms with Gasteiger partial charge >= 0.3 is 0 Å². The van der Waals surface area contributed by atoms with Crippen LogP contribution in [-0.4, -0.2) is 36.7 Å². The molecule has 0 saturated carbocycles. The van der Waals surface area contributed by atoms with Crippen LogP contribution in [0.5, 0.6) is 5.75 Å². The van der Waals surface area contributed by atoms with Gasteiger partial charge in [0.05, 0.1) is 0 Å². The Hall–Kier alpha value is -1.13. The van der Waals surface area contributed by atoms with Crippen LogP contribution in [0.1, 0.15) is 18.4 Å². The molecule has 0 spiro atoms. The maximum absolute atomic E-state index is 13.2. The van der Waals surface area contributed by atoms with Crippen molar-refractivity contribution in [2.24, 2.45) is 5.92 Å². The van der Waals surface area contributed by atoms with Crippen LogP contribution in [-0.2, 0) is 6.54 Å². The second-order valence-corrected chi connectivity index (χ2v) is 5.12. The number of benzene rings is 1. The summed E-state index contributed by atoms with van der Waals surface area (Å²) in [7, 11) is 1.98. The van der Waals surface area contributed by atoms with E-state index in [4.69, 9.17) is 0 Å². The van der Waals surface area contributed by atoms with E-state index >= 15 is 0 Å². The maximum atomic E-state index is 13.2. The number of hydrogen-bond acceptors (Lipinski definition) is 3. The number of rotatable bonds is 4. The predicted octanol–water partition coefficient (Wildman–Crippen LogP) is 1.96. The van der Waals surface area contributed by atoms with Crippen molar-refractivity contribution in [2.45, 2.75) is 19.4 Å². The molecule has 1 saturated heterocycles. The van der Waals surface area contributed by atoms with Crippen molar-refractivity contribution in [1.82, 2.24) is 10.2 Å². The monoisotopic (exact) mass is 252 g/mol. The lowest BCUT2D eigenvalue weighted by molar-refractivity contribution is 0.166. The SMILES string of the molecule is CNCC1CCCN(Cc2cc(O)cc(F)c2)C1. The molecule has 1 aromatic carbocycles. The lowest BCUT2D eigenvalue weighted by Gasteiger charge is -2.32. The minimum Gasteiger partial charge on any atom is -0.508 e. The van der Waals surface area contributed by atoms with Crippen LogP contribution in [0.25, 0.3) is 0 Å². The van der Waals surface area contributed by atoms with E-state index in [-0.39, 0.29) is 11.6 Å². The molecule has 1 unspecified atom stereocenters. The lowest BCUT2D eigenvalue weighted by Crippen LogP contribution is -2.38. The Balaban J connectivity index is 1.95. The first kappa shape index (κ1) is 13.3. The summed E-state index contributed by atoms with van der Waals surface area (Å²) in [4.78, 5) is 2.33. The van der Waals surface area contributed by atoms with Gasteiger partial charge in [0.25, 0.3) is 0 Å². The molecule has 100 valence electrons. The average molecular weight is 252 g/mol. The molecule has 1 fully saturated rings. The zero-order valence-electron chi connectivity index (χ0n) is 10.8. The Morgan fingerprint density at radius 1 is 1.44 bits per heavy atom. The van der Waals surface area contributed by atoms with Gasteiger partial charge in [-0.15, -0.1) is 0 Å². The molecule has 1 aromatic rings. The molecule has 18 heavy (non-hydrogen) atoms. The summed E-state index contributed by atoms with van der Waals surface area (Å²) >= 11 is 0. The Bertz CT molecular complexity index is 375. The Labute approximate surface area is 108 Å². The highest BCUT2D eigenvalue weighted by molar-refractivity contribution is 5.28.